The first kappa shape index (κ1) is 21.1. The molecule has 29 heavy (non-hydrogen) atoms. The summed E-state index contributed by atoms with van der Waals surface area (Å²) in [6, 6.07) is 7.90. The van der Waals surface area contributed by atoms with Crippen LogP contribution >= 0.6 is 0 Å². The van der Waals surface area contributed by atoms with Crippen LogP contribution in [0, 0.1) is 13.8 Å². The average molecular weight is 399 g/mol. The number of nitrogens with zero attached hydrogens (tertiary/aromatic N) is 2. The first-order chi connectivity index (χ1) is 13.9. The number of amides is 1. The van der Waals surface area contributed by atoms with Crippen molar-refractivity contribution < 1.29 is 14.6 Å². The topological polar surface area (TPSA) is 90.5 Å². The van der Waals surface area contributed by atoms with E-state index in [2.05, 4.69) is 32.6 Å². The molecule has 1 fully saturated rings. The van der Waals surface area contributed by atoms with Gasteiger partial charge in [-0.2, -0.15) is 5.10 Å². The molecular formula is C22H30N4O3. The smallest absolute Gasteiger partial charge is 0.252 e. The van der Waals surface area contributed by atoms with Gasteiger partial charge in [0.2, 0.25) is 0 Å². The summed E-state index contributed by atoms with van der Waals surface area (Å²) in [6.07, 6.45) is 5.04. The van der Waals surface area contributed by atoms with Gasteiger partial charge < -0.3 is 15.2 Å². The van der Waals surface area contributed by atoms with Gasteiger partial charge in [0, 0.05) is 37.4 Å². The minimum atomic E-state index is -1.30. The Kier molecular flexibility index (Phi) is 6.71. The number of hydrogen-bond donors (Lipinski definition) is 3. The number of carbonyl (C=O) groups excluding carboxylic acids is 1. The maximum Gasteiger partial charge on any atom is 0.252 e. The number of likely N-dealkylation sites (tertiary alicyclic amines) is 1. The fraction of sp³-hybridized carbons (Fsp3) is 0.455. The van der Waals surface area contributed by atoms with Crippen LogP contribution in [0.3, 0.4) is 0 Å². The van der Waals surface area contributed by atoms with Crippen LogP contribution in [0.25, 0.3) is 6.08 Å². The van der Waals surface area contributed by atoms with Crippen LogP contribution < -0.4 is 10.1 Å². The van der Waals surface area contributed by atoms with Crippen molar-refractivity contribution in [2.24, 2.45) is 0 Å². The number of aryl methyl sites for hydroxylation is 2. The standard InChI is InChI=1S/C22H30N4O3/c1-16-20(17(2)25-24-16)15-23-21(27)22(28)10-13-26(14-11-22)12-4-5-18-6-8-19(29-3)9-7-18/h4-9,28H,10-15H2,1-3H3,(H,23,27)(H,24,25). The Morgan fingerprint density at radius 3 is 2.59 bits per heavy atom. The number of aliphatic hydroxyl groups is 1. The van der Waals surface area contributed by atoms with E-state index in [9.17, 15) is 9.90 Å². The van der Waals surface area contributed by atoms with Crippen molar-refractivity contribution in [2.75, 3.05) is 26.7 Å². The number of piperidine rings is 1. The molecule has 1 aromatic carbocycles. The number of benzene rings is 1. The predicted molar refractivity (Wildman–Crippen MR) is 113 cm³/mol. The zero-order chi connectivity index (χ0) is 20.9. The third-order valence-corrected chi connectivity index (χ3v) is 5.60. The van der Waals surface area contributed by atoms with E-state index < -0.39 is 5.60 Å². The molecule has 0 aliphatic carbocycles. The third-order valence-electron chi connectivity index (χ3n) is 5.60. The highest BCUT2D eigenvalue weighted by Crippen LogP contribution is 2.23. The zero-order valence-corrected chi connectivity index (χ0v) is 17.4. The van der Waals surface area contributed by atoms with Crippen LogP contribution in [0.1, 0.15) is 35.4 Å². The van der Waals surface area contributed by atoms with Crippen LogP contribution in [0.2, 0.25) is 0 Å². The summed E-state index contributed by atoms with van der Waals surface area (Å²) in [6.45, 7) is 6.35. The van der Waals surface area contributed by atoms with Gasteiger partial charge in [0.25, 0.3) is 5.91 Å². The van der Waals surface area contributed by atoms with Crippen molar-refractivity contribution in [1.29, 1.82) is 0 Å². The number of ether oxygens (including phenoxy) is 1. The van der Waals surface area contributed by atoms with Gasteiger partial charge in [-0.05, 0) is 44.4 Å². The number of rotatable bonds is 7. The van der Waals surface area contributed by atoms with Crippen molar-refractivity contribution in [3.63, 3.8) is 0 Å². The van der Waals surface area contributed by atoms with Crippen LogP contribution in [0.15, 0.2) is 30.3 Å². The molecule has 1 amide bonds. The highest BCUT2D eigenvalue weighted by Gasteiger charge is 2.38. The number of nitrogens with one attached hydrogen (secondary N) is 2. The lowest BCUT2D eigenvalue weighted by atomic mass is 9.90. The molecule has 0 bridgehead atoms. The highest BCUT2D eigenvalue weighted by atomic mass is 16.5. The minimum Gasteiger partial charge on any atom is -0.497 e. The summed E-state index contributed by atoms with van der Waals surface area (Å²) < 4.78 is 5.16. The molecule has 1 aromatic heterocycles. The Bertz CT molecular complexity index is 830. The normalized spacial score (nSPS) is 16.8. The van der Waals surface area contributed by atoms with Gasteiger partial charge >= 0.3 is 0 Å². The van der Waals surface area contributed by atoms with Gasteiger partial charge in [0.1, 0.15) is 11.4 Å². The van der Waals surface area contributed by atoms with Crippen LogP contribution in [0.4, 0.5) is 0 Å². The van der Waals surface area contributed by atoms with Crippen molar-refractivity contribution >= 4 is 12.0 Å². The molecule has 7 heteroatoms. The van der Waals surface area contributed by atoms with Crippen molar-refractivity contribution in [1.82, 2.24) is 20.4 Å². The molecular weight excluding hydrogens is 368 g/mol. The van der Waals surface area contributed by atoms with E-state index in [0.717, 1.165) is 34.8 Å². The lowest BCUT2D eigenvalue weighted by Gasteiger charge is -2.36. The van der Waals surface area contributed by atoms with E-state index in [1.807, 2.05) is 38.1 Å². The van der Waals surface area contributed by atoms with E-state index in [1.165, 1.54) is 0 Å². The quantitative estimate of drug-likeness (QED) is 0.665. The Labute approximate surface area is 171 Å². The van der Waals surface area contributed by atoms with Gasteiger partial charge in [0.15, 0.2) is 0 Å². The summed E-state index contributed by atoms with van der Waals surface area (Å²) in [4.78, 5) is 14.8. The summed E-state index contributed by atoms with van der Waals surface area (Å²) in [7, 11) is 1.65. The Morgan fingerprint density at radius 2 is 2.00 bits per heavy atom. The molecule has 0 spiro atoms. The first-order valence-electron chi connectivity index (χ1n) is 9.95. The van der Waals surface area contributed by atoms with Crippen LogP contribution in [-0.4, -0.2) is 58.5 Å². The molecule has 156 valence electrons. The van der Waals surface area contributed by atoms with Crippen LogP contribution in [0.5, 0.6) is 5.75 Å². The Hall–Kier alpha value is -2.64. The lowest BCUT2D eigenvalue weighted by Crippen LogP contribution is -2.53. The second-order valence-corrected chi connectivity index (χ2v) is 7.60. The number of carbonyl (C=O) groups is 1. The molecule has 2 aromatic rings. The van der Waals surface area contributed by atoms with Gasteiger partial charge in [0.05, 0.1) is 12.8 Å². The number of methoxy groups -OCH3 is 1. The second kappa shape index (κ2) is 9.24. The number of aromatic amines is 1. The highest BCUT2D eigenvalue weighted by molar-refractivity contribution is 5.85. The van der Waals surface area contributed by atoms with Gasteiger partial charge in [-0.3, -0.25) is 14.8 Å². The molecule has 0 saturated carbocycles. The summed E-state index contributed by atoms with van der Waals surface area (Å²) in [5.74, 6) is 0.541. The number of hydrogen-bond acceptors (Lipinski definition) is 5. The molecule has 0 radical (unpaired) electrons. The lowest BCUT2D eigenvalue weighted by molar-refractivity contribution is -0.144. The molecule has 1 aliphatic rings. The van der Waals surface area contributed by atoms with Gasteiger partial charge in [-0.1, -0.05) is 24.3 Å². The molecule has 1 saturated heterocycles. The Balaban J connectivity index is 1.45. The fourth-order valence-corrected chi connectivity index (χ4v) is 3.55. The van der Waals surface area contributed by atoms with E-state index in [1.54, 1.807) is 7.11 Å². The van der Waals surface area contributed by atoms with E-state index in [4.69, 9.17) is 4.74 Å². The summed E-state index contributed by atoms with van der Waals surface area (Å²) >= 11 is 0. The SMILES string of the molecule is COc1ccc(C=CCN2CCC(O)(C(=O)NCc3c(C)n[nH]c3C)CC2)cc1. The largest absolute Gasteiger partial charge is 0.497 e. The van der Waals surface area contributed by atoms with Gasteiger partial charge in [-0.15, -0.1) is 0 Å². The van der Waals surface area contributed by atoms with Gasteiger partial charge in [-0.25, -0.2) is 0 Å². The molecule has 3 N–H and O–H groups in total. The van der Waals surface area contributed by atoms with E-state index in [0.29, 0.717) is 32.5 Å². The summed E-state index contributed by atoms with van der Waals surface area (Å²) in [5, 5.41) is 20.7. The molecule has 1 aliphatic heterocycles. The van der Waals surface area contributed by atoms with Crippen molar-refractivity contribution in [3.05, 3.63) is 52.9 Å². The first-order valence-corrected chi connectivity index (χ1v) is 9.95. The molecule has 0 atom stereocenters. The summed E-state index contributed by atoms with van der Waals surface area (Å²) in [5.41, 5.74) is 2.59. The molecule has 3 rings (SSSR count). The van der Waals surface area contributed by atoms with E-state index in [-0.39, 0.29) is 5.91 Å². The third kappa shape index (κ3) is 5.25. The monoisotopic (exact) mass is 398 g/mol. The fourth-order valence-electron chi connectivity index (χ4n) is 3.55. The van der Waals surface area contributed by atoms with Crippen molar-refractivity contribution in [3.8, 4) is 5.75 Å². The average Bonchev–Trinajstić information content (AvgIpc) is 3.05. The molecule has 7 nitrogen and oxygen atoms in total. The predicted octanol–water partition coefficient (Wildman–Crippen LogP) is 2.19. The van der Waals surface area contributed by atoms with Crippen LogP contribution in [-0.2, 0) is 11.3 Å². The number of H-pyrrole nitrogens is 1. The Morgan fingerprint density at radius 1 is 1.31 bits per heavy atom. The number of aromatic nitrogens is 2. The minimum absolute atomic E-state index is 0.300. The van der Waals surface area contributed by atoms with E-state index >= 15 is 0 Å². The maximum absolute atomic E-state index is 12.6. The van der Waals surface area contributed by atoms with Crippen molar-refractivity contribution in [2.45, 2.75) is 38.8 Å². The maximum atomic E-state index is 12.6. The molecule has 0 unspecified atom stereocenters. The molecule has 2 heterocycles. The second-order valence-electron chi connectivity index (χ2n) is 7.60. The zero-order valence-electron chi connectivity index (χ0n) is 17.4.